The maximum absolute atomic E-state index is 12.8. The maximum atomic E-state index is 12.8. The molecule has 1 aromatic carbocycles. The lowest BCUT2D eigenvalue weighted by molar-refractivity contribution is -0.149. The first kappa shape index (κ1) is 18.6. The number of hydrogen-bond donors (Lipinski definition) is 0. The second kappa shape index (κ2) is 7.73. The van der Waals surface area contributed by atoms with E-state index in [1.54, 1.807) is 12.4 Å². The van der Waals surface area contributed by atoms with Crippen LogP contribution in [0.1, 0.15) is 24.0 Å². The van der Waals surface area contributed by atoms with Gasteiger partial charge in [-0.15, -0.1) is 0 Å². The molecule has 0 saturated carbocycles. The number of carbonyl (C=O) groups excluding carboxylic acids is 1. The van der Waals surface area contributed by atoms with Gasteiger partial charge >= 0.3 is 5.97 Å². The lowest BCUT2D eigenvalue weighted by atomic mass is 9.67. The van der Waals surface area contributed by atoms with Gasteiger partial charge in [-0.05, 0) is 42.8 Å². The summed E-state index contributed by atoms with van der Waals surface area (Å²) in [6, 6.07) is 15.7. The zero-order valence-corrected chi connectivity index (χ0v) is 16.3. The van der Waals surface area contributed by atoms with Crippen LogP contribution in [0.3, 0.4) is 0 Å². The average Bonchev–Trinajstić information content (AvgIpc) is 2.77. The first-order valence-corrected chi connectivity index (χ1v) is 9.37. The van der Waals surface area contributed by atoms with Crippen LogP contribution < -0.4 is 0 Å². The molecule has 1 aliphatic rings. The second-order valence-electron chi connectivity index (χ2n) is 7.12. The number of nitrogens with zero attached hydrogens (tertiary/aromatic N) is 2. The van der Waals surface area contributed by atoms with Crippen LogP contribution in [0.5, 0.6) is 0 Å². The number of rotatable bonds is 2. The Morgan fingerprint density at radius 2 is 1.93 bits per heavy atom. The largest absolute Gasteiger partial charge is 0.468 e. The molecule has 0 bridgehead atoms. The lowest BCUT2D eigenvalue weighted by Gasteiger charge is -2.35. The summed E-state index contributed by atoms with van der Waals surface area (Å²) in [7, 11) is 1.41. The highest BCUT2D eigenvalue weighted by molar-refractivity contribution is 5.83. The van der Waals surface area contributed by atoms with Crippen molar-refractivity contribution in [2.24, 2.45) is 5.41 Å². The number of methoxy groups -OCH3 is 1. The van der Waals surface area contributed by atoms with E-state index in [4.69, 9.17) is 4.74 Å². The van der Waals surface area contributed by atoms with E-state index in [0.717, 1.165) is 22.1 Å². The van der Waals surface area contributed by atoms with Crippen molar-refractivity contribution in [3.05, 3.63) is 95.9 Å². The Morgan fingerprint density at radius 3 is 2.72 bits per heavy atom. The summed E-state index contributed by atoms with van der Waals surface area (Å²) in [5, 5.41) is 0.919. The number of allylic oxidation sites excluding steroid dienone is 3. The highest BCUT2D eigenvalue weighted by Gasteiger charge is 2.44. The van der Waals surface area contributed by atoms with Crippen molar-refractivity contribution in [2.45, 2.75) is 12.8 Å². The molecule has 2 aromatic heterocycles. The molecule has 4 heteroatoms. The number of pyridine rings is 2. The summed E-state index contributed by atoms with van der Waals surface area (Å²) in [5.74, 6) is 5.87. The smallest absolute Gasteiger partial charge is 0.316 e. The number of ether oxygens (including phenoxy) is 1. The molecule has 0 aliphatic heterocycles. The van der Waals surface area contributed by atoms with Gasteiger partial charge in [0.1, 0.15) is 0 Å². The molecule has 0 radical (unpaired) electrons. The first-order valence-electron chi connectivity index (χ1n) is 9.37. The second-order valence-corrected chi connectivity index (χ2v) is 7.12. The third kappa shape index (κ3) is 3.55. The molecule has 2 unspecified atom stereocenters. The Balaban J connectivity index is 1.84. The van der Waals surface area contributed by atoms with Gasteiger partial charge < -0.3 is 4.74 Å². The Labute approximate surface area is 170 Å². The van der Waals surface area contributed by atoms with E-state index in [2.05, 4.69) is 21.8 Å². The van der Waals surface area contributed by atoms with E-state index < -0.39 is 5.41 Å². The number of aromatic nitrogens is 2. The third-order valence-electron chi connectivity index (χ3n) is 5.19. The Hall–Kier alpha value is -3.71. The predicted molar refractivity (Wildman–Crippen MR) is 113 cm³/mol. The number of carbonyl (C=O) groups is 1. The quantitative estimate of drug-likeness (QED) is 0.487. The topological polar surface area (TPSA) is 52.1 Å². The molecular weight excluding hydrogens is 360 g/mol. The highest BCUT2D eigenvalue weighted by atomic mass is 16.5. The molecule has 29 heavy (non-hydrogen) atoms. The zero-order chi connectivity index (χ0) is 20.3. The predicted octanol–water partition coefficient (Wildman–Crippen LogP) is 4.44. The van der Waals surface area contributed by atoms with Crippen molar-refractivity contribution in [2.75, 3.05) is 7.11 Å². The first-order chi connectivity index (χ1) is 14.1. The summed E-state index contributed by atoms with van der Waals surface area (Å²) in [4.78, 5) is 21.6. The lowest BCUT2D eigenvalue weighted by Crippen LogP contribution is -2.36. The monoisotopic (exact) mass is 380 g/mol. The molecule has 2 heterocycles. The van der Waals surface area contributed by atoms with Crippen LogP contribution in [0.25, 0.3) is 11.0 Å². The summed E-state index contributed by atoms with van der Waals surface area (Å²) in [6.07, 6.45) is 9.20. The van der Waals surface area contributed by atoms with Crippen molar-refractivity contribution in [1.82, 2.24) is 9.97 Å². The van der Waals surface area contributed by atoms with Crippen molar-refractivity contribution in [3.63, 3.8) is 0 Å². The fourth-order valence-corrected chi connectivity index (χ4v) is 3.72. The van der Waals surface area contributed by atoms with Crippen LogP contribution in [0.2, 0.25) is 0 Å². The molecule has 4 nitrogen and oxygen atoms in total. The Kier molecular flexibility index (Phi) is 4.97. The van der Waals surface area contributed by atoms with Crippen LogP contribution in [-0.4, -0.2) is 23.0 Å². The van der Waals surface area contributed by atoms with E-state index in [0.29, 0.717) is 5.65 Å². The van der Waals surface area contributed by atoms with Crippen molar-refractivity contribution in [3.8, 4) is 11.8 Å². The molecule has 0 fully saturated rings. The maximum Gasteiger partial charge on any atom is 0.316 e. The average molecular weight is 380 g/mol. The van der Waals surface area contributed by atoms with Gasteiger partial charge in [0.05, 0.1) is 12.5 Å². The van der Waals surface area contributed by atoms with Gasteiger partial charge in [0, 0.05) is 34.8 Å². The SMILES string of the molecule is COC(=O)C1(C)C=CC=C(C#Cc2ccccc2)C1c1cnc2ncccc2c1. The minimum Gasteiger partial charge on any atom is -0.468 e. The van der Waals surface area contributed by atoms with Crippen LogP contribution >= 0.6 is 0 Å². The van der Waals surface area contributed by atoms with Crippen LogP contribution in [0.4, 0.5) is 0 Å². The van der Waals surface area contributed by atoms with Crippen molar-refractivity contribution >= 4 is 17.0 Å². The fraction of sp³-hybridized carbons (Fsp3) is 0.160. The highest BCUT2D eigenvalue weighted by Crippen LogP contribution is 2.45. The normalized spacial score (nSPS) is 20.5. The fourth-order valence-electron chi connectivity index (χ4n) is 3.72. The van der Waals surface area contributed by atoms with E-state index in [-0.39, 0.29) is 11.9 Å². The summed E-state index contributed by atoms with van der Waals surface area (Å²) < 4.78 is 5.14. The molecule has 2 atom stereocenters. The summed E-state index contributed by atoms with van der Waals surface area (Å²) >= 11 is 0. The minimum absolute atomic E-state index is 0.308. The molecule has 1 aliphatic carbocycles. The summed E-state index contributed by atoms with van der Waals surface area (Å²) in [6.45, 7) is 1.88. The van der Waals surface area contributed by atoms with E-state index in [1.807, 2.05) is 73.7 Å². The standard InChI is InChI=1S/C25H20N2O2/c1-25(24(28)29-2)14-6-10-19(13-12-18-8-4-3-5-9-18)22(25)21-16-20-11-7-15-26-23(20)27-17-21/h3-11,14-17,22H,1-2H3. The Bertz CT molecular complexity index is 1190. The van der Waals surface area contributed by atoms with Gasteiger partial charge in [-0.1, -0.05) is 48.3 Å². The minimum atomic E-state index is -0.887. The number of esters is 1. The van der Waals surface area contributed by atoms with E-state index >= 15 is 0 Å². The zero-order valence-electron chi connectivity index (χ0n) is 16.3. The van der Waals surface area contributed by atoms with E-state index in [9.17, 15) is 4.79 Å². The molecular formula is C25H20N2O2. The van der Waals surface area contributed by atoms with Gasteiger partial charge in [0.15, 0.2) is 5.65 Å². The third-order valence-corrected chi connectivity index (χ3v) is 5.19. The van der Waals surface area contributed by atoms with Crippen molar-refractivity contribution < 1.29 is 9.53 Å². The number of fused-ring (bicyclic) bond motifs is 1. The summed E-state index contributed by atoms with van der Waals surface area (Å²) in [5.41, 5.74) is 2.44. The number of hydrogen-bond acceptors (Lipinski definition) is 4. The molecule has 0 spiro atoms. The van der Waals surface area contributed by atoms with Gasteiger partial charge in [0.2, 0.25) is 0 Å². The Morgan fingerprint density at radius 1 is 1.10 bits per heavy atom. The van der Waals surface area contributed by atoms with E-state index in [1.165, 1.54) is 7.11 Å². The van der Waals surface area contributed by atoms with Crippen molar-refractivity contribution in [1.29, 1.82) is 0 Å². The molecule has 0 amide bonds. The molecule has 142 valence electrons. The van der Waals surface area contributed by atoms with Gasteiger partial charge in [0.25, 0.3) is 0 Å². The molecule has 4 rings (SSSR count). The van der Waals surface area contributed by atoms with Gasteiger partial charge in [-0.2, -0.15) is 0 Å². The number of benzene rings is 1. The van der Waals surface area contributed by atoms with Crippen LogP contribution in [0.15, 0.2) is 84.7 Å². The molecule has 3 aromatic rings. The van der Waals surface area contributed by atoms with Crippen LogP contribution in [-0.2, 0) is 9.53 Å². The molecule has 0 N–H and O–H groups in total. The molecule has 0 saturated heterocycles. The van der Waals surface area contributed by atoms with Gasteiger partial charge in [-0.3, -0.25) is 4.79 Å². The van der Waals surface area contributed by atoms with Crippen LogP contribution in [0, 0.1) is 17.3 Å². The van der Waals surface area contributed by atoms with Gasteiger partial charge in [-0.25, -0.2) is 9.97 Å².